The second-order valence-electron chi connectivity index (χ2n) is 7.42. The van der Waals surface area contributed by atoms with Crippen molar-refractivity contribution in [3.8, 4) is 0 Å². The van der Waals surface area contributed by atoms with E-state index in [1.807, 2.05) is 0 Å². The van der Waals surface area contributed by atoms with Crippen molar-refractivity contribution in [2.45, 2.75) is 64.3 Å². The molecule has 2 aliphatic heterocycles. The number of likely N-dealkylation sites (tertiary alicyclic amines) is 1. The van der Waals surface area contributed by atoms with Gasteiger partial charge in [0.25, 0.3) is 0 Å². The maximum atomic E-state index is 6.10. The van der Waals surface area contributed by atoms with Crippen molar-refractivity contribution < 1.29 is 4.74 Å². The van der Waals surface area contributed by atoms with Gasteiger partial charge in [-0.3, -0.25) is 4.99 Å². The molecule has 6 heteroatoms. The number of nitrogens with zero attached hydrogens (tertiary/aromatic N) is 4. The molecule has 144 valence electrons. The largest absolute Gasteiger partial charge is 0.384 e. The first kappa shape index (κ1) is 19.2. The quantitative estimate of drug-likeness (QED) is 0.650. The van der Waals surface area contributed by atoms with E-state index in [9.17, 15) is 0 Å². The van der Waals surface area contributed by atoms with E-state index in [1.54, 1.807) is 7.11 Å². The van der Waals surface area contributed by atoms with Gasteiger partial charge in [-0.1, -0.05) is 19.3 Å². The van der Waals surface area contributed by atoms with Crippen LogP contribution in [0.5, 0.6) is 0 Å². The lowest BCUT2D eigenvalue weighted by Gasteiger charge is -2.26. The predicted molar refractivity (Wildman–Crippen MR) is 106 cm³/mol. The summed E-state index contributed by atoms with van der Waals surface area (Å²) in [7, 11) is 1.69. The minimum absolute atomic E-state index is 0.585. The summed E-state index contributed by atoms with van der Waals surface area (Å²) in [5, 5.41) is 0. The van der Waals surface area contributed by atoms with Gasteiger partial charge in [0, 0.05) is 19.1 Å². The van der Waals surface area contributed by atoms with Crippen LogP contribution < -0.4 is 5.73 Å². The van der Waals surface area contributed by atoms with Gasteiger partial charge in [0.1, 0.15) is 11.6 Å². The highest BCUT2D eigenvalue weighted by Gasteiger charge is 2.21. The number of ether oxygens (including phenoxy) is 1. The summed E-state index contributed by atoms with van der Waals surface area (Å²) < 4.78 is 5.12. The average molecular weight is 360 g/mol. The van der Waals surface area contributed by atoms with E-state index >= 15 is 0 Å². The number of aromatic nitrogens is 2. The van der Waals surface area contributed by atoms with Crippen molar-refractivity contribution in [3.05, 3.63) is 17.1 Å². The minimum atomic E-state index is 0.585. The Hall–Kier alpha value is -1.53. The molecule has 1 aromatic rings. The fraction of sp³-hybridized carbons (Fsp3) is 0.750. The molecule has 3 heterocycles. The van der Waals surface area contributed by atoms with Crippen LogP contribution in [-0.4, -0.2) is 53.9 Å². The summed E-state index contributed by atoms with van der Waals surface area (Å²) in [6.45, 7) is 5.13. The van der Waals surface area contributed by atoms with Gasteiger partial charge in [-0.05, 0) is 51.7 Å². The first-order valence-electron chi connectivity index (χ1n) is 10.2. The molecule has 0 radical (unpaired) electrons. The molecule has 0 aliphatic carbocycles. The molecule has 3 rings (SSSR count). The molecule has 1 saturated heterocycles. The molecule has 0 atom stereocenters. The van der Waals surface area contributed by atoms with Gasteiger partial charge in [-0.2, -0.15) is 0 Å². The minimum Gasteiger partial charge on any atom is -0.384 e. The van der Waals surface area contributed by atoms with Crippen LogP contribution in [0.1, 0.15) is 68.4 Å². The van der Waals surface area contributed by atoms with E-state index in [-0.39, 0.29) is 0 Å². The number of nitrogen functional groups attached to an aromatic ring is 1. The van der Waals surface area contributed by atoms with E-state index in [0.29, 0.717) is 25.4 Å². The van der Waals surface area contributed by atoms with Crippen molar-refractivity contribution in [2.75, 3.05) is 39.1 Å². The Balaban J connectivity index is 1.40. The molecule has 0 saturated carbocycles. The van der Waals surface area contributed by atoms with Crippen molar-refractivity contribution in [3.63, 3.8) is 0 Å². The molecular formula is C20H33N5O. The third kappa shape index (κ3) is 5.24. The second kappa shape index (κ2) is 9.97. The number of methoxy groups -OCH3 is 1. The Morgan fingerprint density at radius 2 is 1.81 bits per heavy atom. The lowest BCUT2D eigenvalue weighted by atomic mass is 10.1. The highest BCUT2D eigenvalue weighted by Crippen LogP contribution is 2.24. The number of nitrogens with two attached hydrogens (primary N) is 1. The summed E-state index contributed by atoms with van der Waals surface area (Å²) >= 11 is 0. The smallest absolute Gasteiger partial charge is 0.133 e. The highest BCUT2D eigenvalue weighted by atomic mass is 16.5. The molecule has 0 aromatic carbocycles. The Bertz CT molecular complexity index is 610. The first-order chi connectivity index (χ1) is 12.8. The van der Waals surface area contributed by atoms with Crippen LogP contribution >= 0.6 is 0 Å². The summed E-state index contributed by atoms with van der Waals surface area (Å²) in [5.41, 5.74) is 9.21. The zero-order valence-electron chi connectivity index (χ0n) is 16.2. The van der Waals surface area contributed by atoms with Gasteiger partial charge in [0.2, 0.25) is 0 Å². The summed E-state index contributed by atoms with van der Waals surface area (Å²) in [6.07, 6.45) is 10.9. The molecule has 1 fully saturated rings. The van der Waals surface area contributed by atoms with Gasteiger partial charge < -0.3 is 15.4 Å². The number of rotatable bonds is 10. The van der Waals surface area contributed by atoms with E-state index in [0.717, 1.165) is 29.2 Å². The van der Waals surface area contributed by atoms with Crippen LogP contribution in [0.15, 0.2) is 4.99 Å². The predicted octanol–water partition coefficient (Wildman–Crippen LogP) is 2.99. The zero-order valence-corrected chi connectivity index (χ0v) is 16.2. The molecule has 0 unspecified atom stereocenters. The van der Waals surface area contributed by atoms with E-state index < -0.39 is 0 Å². The maximum absolute atomic E-state index is 6.10. The van der Waals surface area contributed by atoms with Gasteiger partial charge in [0.15, 0.2) is 0 Å². The Labute approximate surface area is 157 Å². The third-order valence-corrected chi connectivity index (χ3v) is 5.40. The van der Waals surface area contributed by atoms with Gasteiger partial charge in [-0.25, -0.2) is 9.97 Å². The molecule has 6 nitrogen and oxygen atoms in total. The summed E-state index contributed by atoms with van der Waals surface area (Å²) in [4.78, 5) is 16.4. The van der Waals surface area contributed by atoms with Crippen LogP contribution in [0.3, 0.4) is 0 Å². The Morgan fingerprint density at radius 1 is 1.00 bits per heavy atom. The van der Waals surface area contributed by atoms with Gasteiger partial charge in [0.05, 0.1) is 24.6 Å². The summed E-state index contributed by atoms with van der Waals surface area (Å²) in [6, 6.07) is 0. The second-order valence-corrected chi connectivity index (χ2v) is 7.42. The molecule has 0 bridgehead atoms. The van der Waals surface area contributed by atoms with Gasteiger partial charge >= 0.3 is 0 Å². The Kier molecular flexibility index (Phi) is 7.38. The van der Waals surface area contributed by atoms with Crippen LogP contribution in [0.25, 0.3) is 0 Å². The van der Waals surface area contributed by atoms with Crippen molar-refractivity contribution in [2.24, 2.45) is 4.99 Å². The van der Waals surface area contributed by atoms with E-state index in [4.69, 9.17) is 15.5 Å². The molecule has 26 heavy (non-hydrogen) atoms. The number of hydrogen-bond acceptors (Lipinski definition) is 6. The fourth-order valence-corrected chi connectivity index (χ4v) is 3.86. The van der Waals surface area contributed by atoms with Crippen LogP contribution in [-0.2, 0) is 17.7 Å². The molecular weight excluding hydrogens is 326 g/mol. The number of fused-ring (bicyclic) bond motifs is 1. The SMILES string of the molecule is COCCc1nc(N)c2c(n1)C(CCCCCCN1CCCCC1)=NC2. The normalized spacial score (nSPS) is 17.3. The van der Waals surface area contributed by atoms with Gasteiger partial charge in [-0.15, -0.1) is 0 Å². The molecule has 0 spiro atoms. The van der Waals surface area contributed by atoms with Crippen LogP contribution in [0.4, 0.5) is 5.82 Å². The number of hydrogen-bond donors (Lipinski definition) is 1. The number of piperidine rings is 1. The summed E-state index contributed by atoms with van der Waals surface area (Å²) in [5.74, 6) is 1.35. The molecule has 2 aliphatic rings. The zero-order chi connectivity index (χ0) is 18.2. The lowest BCUT2D eigenvalue weighted by molar-refractivity contribution is 0.200. The fourth-order valence-electron chi connectivity index (χ4n) is 3.86. The third-order valence-electron chi connectivity index (χ3n) is 5.40. The monoisotopic (exact) mass is 359 g/mol. The van der Waals surface area contributed by atoms with Crippen molar-refractivity contribution in [1.29, 1.82) is 0 Å². The number of anilines is 1. The van der Waals surface area contributed by atoms with Crippen LogP contribution in [0.2, 0.25) is 0 Å². The number of unbranched alkanes of at least 4 members (excludes halogenated alkanes) is 3. The molecule has 1 aromatic heterocycles. The standard InChI is InChI=1S/C20H33N5O/c1-26-14-10-18-23-19-16(20(21)24-18)15-22-17(19)9-5-2-3-6-11-25-12-7-4-8-13-25/h2-15H2,1H3,(H2,21,23,24). The average Bonchev–Trinajstić information content (AvgIpc) is 3.07. The topological polar surface area (TPSA) is 76.6 Å². The van der Waals surface area contributed by atoms with E-state index in [2.05, 4.69) is 14.9 Å². The maximum Gasteiger partial charge on any atom is 0.133 e. The lowest BCUT2D eigenvalue weighted by Crippen LogP contribution is -2.30. The Morgan fingerprint density at radius 3 is 2.62 bits per heavy atom. The number of aliphatic imine (C=N–C) groups is 1. The van der Waals surface area contributed by atoms with E-state index in [1.165, 1.54) is 64.6 Å². The molecule has 2 N–H and O–H groups in total. The van der Waals surface area contributed by atoms with Crippen molar-refractivity contribution >= 4 is 11.5 Å². The van der Waals surface area contributed by atoms with Crippen LogP contribution in [0, 0.1) is 0 Å². The first-order valence-corrected chi connectivity index (χ1v) is 10.2. The molecule has 0 amide bonds. The highest BCUT2D eigenvalue weighted by molar-refractivity contribution is 6.02. The van der Waals surface area contributed by atoms with Crippen molar-refractivity contribution in [1.82, 2.24) is 14.9 Å².